The van der Waals surface area contributed by atoms with Crippen molar-refractivity contribution in [3.05, 3.63) is 101 Å². The molecule has 0 saturated heterocycles. The normalized spacial score (nSPS) is 11.1. The van der Waals surface area contributed by atoms with Gasteiger partial charge in [-0.05, 0) is 12.1 Å². The van der Waals surface area contributed by atoms with E-state index >= 15 is 0 Å². The van der Waals surface area contributed by atoms with E-state index in [0.29, 0.717) is 16.1 Å². The highest BCUT2D eigenvalue weighted by molar-refractivity contribution is 7.92. The van der Waals surface area contributed by atoms with Crippen molar-refractivity contribution >= 4 is 38.0 Å². The first-order chi connectivity index (χ1) is 15.4. The predicted octanol–water partition coefficient (Wildman–Crippen LogP) is 4.45. The van der Waals surface area contributed by atoms with Crippen LogP contribution < -0.4 is 5.32 Å². The maximum atomic E-state index is 13.1. The fraction of sp³-hybridized carbons (Fsp3) is 0.0417. The van der Waals surface area contributed by atoms with Crippen molar-refractivity contribution in [1.29, 1.82) is 0 Å². The van der Waals surface area contributed by atoms with Crippen molar-refractivity contribution < 1.29 is 18.0 Å². The molecule has 0 fully saturated rings. The highest BCUT2D eigenvalue weighted by atomic mass is 32.2. The number of hydrogen-bond acceptors (Lipinski definition) is 6. The largest absolute Gasteiger partial charge is 0.301 e. The maximum Gasteiger partial charge on any atom is 0.241 e. The van der Waals surface area contributed by atoms with Crippen LogP contribution in [-0.2, 0) is 14.6 Å². The number of anilines is 1. The molecule has 1 amide bonds. The van der Waals surface area contributed by atoms with Gasteiger partial charge in [-0.25, -0.2) is 13.4 Å². The van der Waals surface area contributed by atoms with Gasteiger partial charge in [0.1, 0.15) is 10.6 Å². The summed E-state index contributed by atoms with van der Waals surface area (Å²) in [5.41, 5.74) is 1.66. The van der Waals surface area contributed by atoms with Crippen LogP contribution in [0.15, 0.2) is 95.9 Å². The van der Waals surface area contributed by atoms with E-state index in [4.69, 9.17) is 0 Å². The zero-order chi connectivity index (χ0) is 22.6. The summed E-state index contributed by atoms with van der Waals surface area (Å²) >= 11 is 1.02. The third-order valence-electron chi connectivity index (χ3n) is 4.59. The van der Waals surface area contributed by atoms with E-state index in [2.05, 4.69) is 10.3 Å². The van der Waals surface area contributed by atoms with E-state index in [1.165, 1.54) is 12.1 Å². The van der Waals surface area contributed by atoms with Gasteiger partial charge in [0.15, 0.2) is 15.0 Å². The summed E-state index contributed by atoms with van der Waals surface area (Å²) in [5, 5.41) is 2.71. The van der Waals surface area contributed by atoms with Crippen LogP contribution in [0, 0.1) is 0 Å². The standard InChI is InChI=1S/C24H18N2O4S2/c27-20(16-32(29,30)19-14-8-3-9-15-19)25-24-26-21(17-10-4-1-5-11-17)23(31-24)22(28)18-12-6-2-7-13-18/h1-15H,16H2,(H,25,26,27). The molecule has 8 heteroatoms. The number of benzene rings is 3. The molecular weight excluding hydrogens is 444 g/mol. The van der Waals surface area contributed by atoms with Gasteiger partial charge in [-0.15, -0.1) is 0 Å². The molecule has 0 bridgehead atoms. The minimum absolute atomic E-state index is 0.0687. The zero-order valence-corrected chi connectivity index (χ0v) is 18.4. The summed E-state index contributed by atoms with van der Waals surface area (Å²) in [6.07, 6.45) is 0. The van der Waals surface area contributed by atoms with E-state index in [1.807, 2.05) is 36.4 Å². The molecule has 32 heavy (non-hydrogen) atoms. The fourth-order valence-corrected chi connectivity index (χ4v) is 5.20. The zero-order valence-electron chi connectivity index (χ0n) is 16.8. The van der Waals surface area contributed by atoms with E-state index in [-0.39, 0.29) is 15.8 Å². The molecule has 0 atom stereocenters. The highest BCUT2D eigenvalue weighted by Gasteiger charge is 2.24. The molecule has 6 nitrogen and oxygen atoms in total. The fourth-order valence-electron chi connectivity index (χ4n) is 3.08. The summed E-state index contributed by atoms with van der Waals surface area (Å²) in [4.78, 5) is 30.5. The minimum atomic E-state index is -3.80. The third-order valence-corrected chi connectivity index (χ3v) is 7.19. The Balaban J connectivity index is 1.63. The second-order valence-corrected chi connectivity index (χ2v) is 9.87. The lowest BCUT2D eigenvalue weighted by atomic mass is 10.1. The van der Waals surface area contributed by atoms with Gasteiger partial charge in [0.25, 0.3) is 0 Å². The van der Waals surface area contributed by atoms with Crippen LogP contribution in [0.25, 0.3) is 11.3 Å². The van der Waals surface area contributed by atoms with Gasteiger partial charge in [-0.1, -0.05) is 90.2 Å². The lowest BCUT2D eigenvalue weighted by Gasteiger charge is -2.04. The number of sulfone groups is 1. The van der Waals surface area contributed by atoms with Crippen molar-refractivity contribution in [2.45, 2.75) is 4.90 Å². The van der Waals surface area contributed by atoms with Gasteiger partial charge in [0, 0.05) is 11.1 Å². The molecule has 1 heterocycles. The Morgan fingerprint density at radius 3 is 2.00 bits per heavy atom. The smallest absolute Gasteiger partial charge is 0.241 e. The number of ketones is 1. The summed E-state index contributed by atoms with van der Waals surface area (Å²) in [7, 11) is -3.80. The summed E-state index contributed by atoms with van der Waals surface area (Å²) < 4.78 is 25.0. The first-order valence-corrected chi connectivity index (χ1v) is 12.1. The minimum Gasteiger partial charge on any atom is -0.301 e. The molecule has 0 radical (unpaired) electrons. The molecule has 0 spiro atoms. The number of aromatic nitrogens is 1. The van der Waals surface area contributed by atoms with Crippen LogP contribution in [0.2, 0.25) is 0 Å². The number of carbonyl (C=O) groups is 2. The molecule has 0 aliphatic rings. The number of hydrogen-bond donors (Lipinski definition) is 1. The Hall–Kier alpha value is -3.62. The number of thiazole rings is 1. The van der Waals surface area contributed by atoms with E-state index in [0.717, 1.165) is 16.9 Å². The van der Waals surface area contributed by atoms with Crippen molar-refractivity contribution in [2.24, 2.45) is 0 Å². The summed E-state index contributed by atoms with van der Waals surface area (Å²) in [5.74, 6) is -1.67. The van der Waals surface area contributed by atoms with Gasteiger partial charge in [-0.3, -0.25) is 9.59 Å². The van der Waals surface area contributed by atoms with Gasteiger partial charge in [0.05, 0.1) is 10.6 Å². The summed E-state index contributed by atoms with van der Waals surface area (Å²) in [6.45, 7) is 0. The Labute approximate surface area is 189 Å². The van der Waals surface area contributed by atoms with Crippen LogP contribution in [0.5, 0.6) is 0 Å². The van der Waals surface area contributed by atoms with Gasteiger partial charge in [-0.2, -0.15) is 0 Å². The first-order valence-electron chi connectivity index (χ1n) is 9.68. The Morgan fingerprint density at radius 2 is 1.38 bits per heavy atom. The number of rotatable bonds is 7. The van der Waals surface area contributed by atoms with E-state index < -0.39 is 21.5 Å². The molecule has 4 rings (SSSR count). The lowest BCUT2D eigenvalue weighted by Crippen LogP contribution is -2.22. The average Bonchev–Trinajstić information content (AvgIpc) is 3.23. The second-order valence-electron chi connectivity index (χ2n) is 6.88. The molecule has 0 aliphatic heterocycles. The quantitative estimate of drug-likeness (QED) is 0.410. The lowest BCUT2D eigenvalue weighted by molar-refractivity contribution is -0.113. The van der Waals surface area contributed by atoms with Gasteiger partial charge in [0.2, 0.25) is 11.7 Å². The Morgan fingerprint density at radius 1 is 0.812 bits per heavy atom. The Bertz CT molecular complexity index is 1350. The molecule has 1 N–H and O–H groups in total. The number of amides is 1. The SMILES string of the molecule is O=C(CS(=O)(=O)c1ccccc1)Nc1nc(-c2ccccc2)c(C(=O)c2ccccc2)s1. The Kier molecular flexibility index (Phi) is 6.25. The predicted molar refractivity (Wildman–Crippen MR) is 125 cm³/mol. The molecular formula is C24H18N2O4S2. The first kappa shape index (κ1) is 21.6. The van der Waals surface area contributed by atoms with Crippen LogP contribution in [0.4, 0.5) is 5.13 Å². The van der Waals surface area contributed by atoms with Crippen LogP contribution in [-0.4, -0.2) is 30.8 Å². The van der Waals surface area contributed by atoms with Crippen LogP contribution in [0.3, 0.4) is 0 Å². The third kappa shape index (κ3) is 4.82. The van der Waals surface area contributed by atoms with Crippen molar-refractivity contribution in [2.75, 3.05) is 11.1 Å². The van der Waals surface area contributed by atoms with Crippen LogP contribution in [0.1, 0.15) is 15.2 Å². The topological polar surface area (TPSA) is 93.2 Å². The van der Waals surface area contributed by atoms with Crippen LogP contribution >= 0.6 is 11.3 Å². The van der Waals surface area contributed by atoms with Crippen molar-refractivity contribution in [1.82, 2.24) is 4.98 Å². The maximum absolute atomic E-state index is 13.1. The molecule has 1 aromatic heterocycles. The molecule has 160 valence electrons. The van der Waals surface area contributed by atoms with Gasteiger partial charge < -0.3 is 5.32 Å². The average molecular weight is 463 g/mol. The van der Waals surface area contributed by atoms with Gasteiger partial charge >= 0.3 is 0 Å². The van der Waals surface area contributed by atoms with E-state index in [1.54, 1.807) is 42.5 Å². The van der Waals surface area contributed by atoms with E-state index in [9.17, 15) is 18.0 Å². The van der Waals surface area contributed by atoms with Crippen molar-refractivity contribution in [3.8, 4) is 11.3 Å². The van der Waals surface area contributed by atoms with Crippen molar-refractivity contribution in [3.63, 3.8) is 0 Å². The summed E-state index contributed by atoms with van der Waals surface area (Å²) in [6, 6.07) is 25.7. The second kappa shape index (κ2) is 9.25. The molecule has 0 saturated carbocycles. The monoisotopic (exact) mass is 462 g/mol. The number of nitrogens with zero attached hydrogens (tertiary/aromatic N) is 1. The molecule has 0 unspecified atom stereocenters. The highest BCUT2D eigenvalue weighted by Crippen LogP contribution is 2.33. The molecule has 4 aromatic rings. The molecule has 0 aliphatic carbocycles. The number of carbonyl (C=O) groups excluding carboxylic acids is 2. The molecule has 3 aromatic carbocycles. The number of nitrogens with one attached hydrogen (secondary N) is 1.